The number of esters is 2. The molecule has 2 N–H and O–H groups in total. The number of carbonyl (C=O) groups is 4. The van der Waals surface area contributed by atoms with Crippen LogP contribution in [-0.4, -0.2) is 41.6 Å². The van der Waals surface area contributed by atoms with Gasteiger partial charge in [0.2, 0.25) is 5.91 Å². The van der Waals surface area contributed by atoms with Crippen molar-refractivity contribution < 1.29 is 42.5 Å². The van der Waals surface area contributed by atoms with E-state index < -0.39 is 48.1 Å². The molecule has 0 spiro atoms. The van der Waals surface area contributed by atoms with Gasteiger partial charge in [-0.05, 0) is 74.8 Å². The first-order valence-corrected chi connectivity index (χ1v) is 16.5. The minimum absolute atomic E-state index is 0.0156. The summed E-state index contributed by atoms with van der Waals surface area (Å²) < 4.78 is 38.0. The molecule has 2 aromatic carbocycles. The maximum absolute atomic E-state index is 14.4. The number of halogens is 2. The molecule has 0 saturated carbocycles. The predicted molar refractivity (Wildman–Crippen MR) is 190 cm³/mol. The van der Waals surface area contributed by atoms with E-state index in [9.17, 15) is 33.1 Å². The average molecular weight is 690 g/mol. The molecule has 1 atom stereocenters. The Bertz CT molecular complexity index is 1600. The van der Waals surface area contributed by atoms with Crippen LogP contribution in [0.15, 0.2) is 109 Å². The first-order chi connectivity index (χ1) is 24.1. The molecule has 8 nitrogen and oxygen atoms in total. The zero-order valence-corrected chi connectivity index (χ0v) is 28.5. The highest BCUT2D eigenvalue weighted by Gasteiger charge is 2.24. The average Bonchev–Trinajstić information content (AvgIpc) is 3.07. The zero-order chi connectivity index (χ0) is 36.6. The van der Waals surface area contributed by atoms with E-state index >= 15 is 0 Å². The van der Waals surface area contributed by atoms with Crippen molar-refractivity contribution in [2.75, 3.05) is 6.61 Å². The lowest BCUT2D eigenvalue weighted by molar-refractivity contribution is -0.143. The van der Waals surface area contributed by atoms with Crippen molar-refractivity contribution in [1.82, 2.24) is 5.32 Å². The second kappa shape index (κ2) is 23.9. The quantitative estimate of drug-likeness (QED) is 0.0764. The normalized spacial score (nSPS) is 12.6. The molecule has 0 heterocycles. The van der Waals surface area contributed by atoms with Gasteiger partial charge in [-0.15, -0.1) is 0 Å². The molecule has 10 heteroatoms. The van der Waals surface area contributed by atoms with Crippen molar-refractivity contribution >= 4 is 23.8 Å². The van der Waals surface area contributed by atoms with Gasteiger partial charge >= 0.3 is 17.9 Å². The minimum Gasteiger partial charge on any atom is -0.480 e. The van der Waals surface area contributed by atoms with E-state index in [4.69, 9.17) is 9.47 Å². The summed E-state index contributed by atoms with van der Waals surface area (Å²) in [6.45, 7) is 2.50. The third-order valence-corrected chi connectivity index (χ3v) is 6.84. The number of carbonyl (C=O) groups excluding carboxylic acids is 3. The Morgan fingerprint density at radius 2 is 1.34 bits per heavy atom. The van der Waals surface area contributed by atoms with Crippen LogP contribution in [0.25, 0.3) is 11.1 Å². The van der Waals surface area contributed by atoms with Gasteiger partial charge in [-0.25, -0.2) is 18.4 Å². The first-order valence-electron chi connectivity index (χ1n) is 16.5. The van der Waals surface area contributed by atoms with E-state index in [1.54, 1.807) is 0 Å². The Morgan fingerprint density at radius 1 is 0.780 bits per heavy atom. The van der Waals surface area contributed by atoms with Crippen LogP contribution >= 0.6 is 0 Å². The number of hydrogen-bond donors (Lipinski definition) is 2. The zero-order valence-electron chi connectivity index (χ0n) is 28.5. The van der Waals surface area contributed by atoms with Crippen molar-refractivity contribution in [3.63, 3.8) is 0 Å². The number of carboxylic acid groups (broad SMARTS) is 1. The largest absolute Gasteiger partial charge is 0.480 e. The third kappa shape index (κ3) is 16.6. The smallest absolute Gasteiger partial charge is 0.342 e. The number of benzene rings is 2. The summed E-state index contributed by atoms with van der Waals surface area (Å²) in [6.07, 6.45) is 30.7. The lowest BCUT2D eigenvalue weighted by Crippen LogP contribution is -2.44. The molecule has 1 amide bonds. The van der Waals surface area contributed by atoms with Gasteiger partial charge in [0.1, 0.15) is 29.6 Å². The molecule has 0 saturated heterocycles. The summed E-state index contributed by atoms with van der Waals surface area (Å²) in [5.41, 5.74) is -0.171. The van der Waals surface area contributed by atoms with Gasteiger partial charge in [0.25, 0.3) is 0 Å². The van der Waals surface area contributed by atoms with Crippen LogP contribution in [0.5, 0.6) is 5.75 Å². The van der Waals surface area contributed by atoms with E-state index in [1.165, 1.54) is 24.3 Å². The summed E-state index contributed by atoms with van der Waals surface area (Å²) >= 11 is 0. The van der Waals surface area contributed by atoms with Crippen LogP contribution < -0.4 is 10.1 Å². The number of allylic oxidation sites excluding steroid dienone is 12. The number of nitrogens with one attached hydrogen (secondary N) is 1. The molecule has 0 radical (unpaired) electrons. The van der Waals surface area contributed by atoms with Crippen LogP contribution in [-0.2, 0) is 19.1 Å². The Labute approximate surface area is 292 Å². The number of amides is 1. The van der Waals surface area contributed by atoms with Gasteiger partial charge in [-0.1, -0.05) is 85.9 Å². The maximum Gasteiger partial charge on any atom is 0.342 e. The minimum atomic E-state index is -1.55. The van der Waals surface area contributed by atoms with Crippen molar-refractivity contribution in [1.29, 1.82) is 0 Å². The molecule has 50 heavy (non-hydrogen) atoms. The van der Waals surface area contributed by atoms with Crippen molar-refractivity contribution in [3.8, 4) is 16.9 Å². The van der Waals surface area contributed by atoms with Gasteiger partial charge in [-0.3, -0.25) is 9.59 Å². The van der Waals surface area contributed by atoms with Gasteiger partial charge in [0, 0.05) is 25.0 Å². The molecule has 0 aliphatic heterocycles. The van der Waals surface area contributed by atoms with E-state index in [-0.39, 0.29) is 28.9 Å². The standard InChI is InChI=1S/C40H45F2NO7/c1-3-4-5-6-7-8-9-10-11-12-13-14-15-16-17-18-19-20-21-22-38(45)43-36(39(46)47)29-49-40(48)34-27-31(23-26-37(34)50-30(2)44)33-25-24-32(41)28-35(33)42/h4-5,7-8,10-11,13-14,16-17,19-20,23-28,36H,3,6,9,12,15,18,21-22,29H2,1-2H3,(H,43,45)(H,46,47). The predicted octanol–water partition coefficient (Wildman–Crippen LogP) is 8.76. The number of ether oxygens (including phenoxy) is 2. The lowest BCUT2D eigenvalue weighted by atomic mass is 10.0. The molecule has 0 fully saturated rings. The SMILES string of the molecule is CCC=CCC=CCC=CCC=CCC=CCC=CCCC(=O)NC(COC(=O)c1cc(-c2ccc(F)cc2F)ccc1OC(C)=O)C(=O)O. The fourth-order valence-electron chi connectivity index (χ4n) is 4.36. The number of rotatable bonds is 21. The molecule has 2 aromatic rings. The molecular formula is C40H45F2NO7. The van der Waals surface area contributed by atoms with Crippen LogP contribution in [0.3, 0.4) is 0 Å². The van der Waals surface area contributed by atoms with Crippen molar-refractivity contribution in [2.24, 2.45) is 0 Å². The Hall–Kier alpha value is -5.38. The summed E-state index contributed by atoms with van der Waals surface area (Å²) in [5, 5.41) is 11.9. The highest BCUT2D eigenvalue weighted by molar-refractivity contribution is 5.95. The highest BCUT2D eigenvalue weighted by atomic mass is 19.1. The molecule has 1 unspecified atom stereocenters. The number of aliphatic carboxylic acids is 1. The molecule has 0 bridgehead atoms. The van der Waals surface area contributed by atoms with E-state index in [0.29, 0.717) is 18.9 Å². The monoisotopic (exact) mass is 689 g/mol. The summed E-state index contributed by atoms with van der Waals surface area (Å²) in [5.74, 6) is -5.69. The molecule has 266 valence electrons. The molecule has 0 aliphatic rings. The highest BCUT2D eigenvalue weighted by Crippen LogP contribution is 2.29. The number of carboxylic acids is 1. The van der Waals surface area contributed by atoms with E-state index in [1.807, 2.05) is 18.2 Å². The fraction of sp³-hybridized carbons (Fsp3) is 0.300. The molecular weight excluding hydrogens is 644 g/mol. The summed E-state index contributed by atoms with van der Waals surface area (Å²) in [7, 11) is 0. The third-order valence-electron chi connectivity index (χ3n) is 6.84. The van der Waals surface area contributed by atoms with Gasteiger partial charge in [-0.2, -0.15) is 0 Å². The van der Waals surface area contributed by atoms with Crippen molar-refractivity contribution in [2.45, 2.75) is 71.3 Å². The Morgan fingerprint density at radius 3 is 1.86 bits per heavy atom. The van der Waals surface area contributed by atoms with Crippen LogP contribution in [0.1, 0.15) is 75.6 Å². The van der Waals surface area contributed by atoms with Crippen LogP contribution in [0.2, 0.25) is 0 Å². The topological polar surface area (TPSA) is 119 Å². The second-order valence-corrected chi connectivity index (χ2v) is 10.9. The molecule has 0 aliphatic carbocycles. The van der Waals surface area contributed by atoms with Gasteiger partial charge in [0.05, 0.1) is 0 Å². The van der Waals surface area contributed by atoms with Crippen molar-refractivity contribution in [3.05, 3.63) is 127 Å². The second-order valence-electron chi connectivity index (χ2n) is 10.9. The summed E-state index contributed by atoms with van der Waals surface area (Å²) in [6, 6.07) is 5.12. The Kier molecular flexibility index (Phi) is 19.5. The van der Waals surface area contributed by atoms with Crippen LogP contribution in [0, 0.1) is 11.6 Å². The summed E-state index contributed by atoms with van der Waals surface area (Å²) in [4.78, 5) is 48.7. The van der Waals surface area contributed by atoms with Gasteiger partial charge < -0.3 is 19.9 Å². The van der Waals surface area contributed by atoms with Crippen LogP contribution in [0.4, 0.5) is 8.78 Å². The first kappa shape index (κ1) is 40.8. The van der Waals surface area contributed by atoms with Gasteiger partial charge in [0.15, 0.2) is 6.04 Å². The maximum atomic E-state index is 14.4. The Balaban J connectivity index is 1.78. The lowest BCUT2D eigenvalue weighted by Gasteiger charge is -2.16. The number of hydrogen-bond acceptors (Lipinski definition) is 6. The molecule has 0 aromatic heterocycles. The fourth-order valence-corrected chi connectivity index (χ4v) is 4.36. The van der Waals surface area contributed by atoms with E-state index in [2.05, 4.69) is 66.9 Å². The molecule has 2 rings (SSSR count). The van der Waals surface area contributed by atoms with E-state index in [0.717, 1.165) is 45.1 Å².